The van der Waals surface area contributed by atoms with E-state index in [2.05, 4.69) is 49.6 Å². The smallest absolute Gasteiger partial charge is 0.178 e. The Balaban J connectivity index is 1.32. The van der Waals surface area contributed by atoms with Gasteiger partial charge in [-0.2, -0.15) is 4.52 Å². The molecular formula is C23H22N8S. The second-order valence-electron chi connectivity index (χ2n) is 7.97. The predicted octanol–water partition coefficient (Wildman–Crippen LogP) is 3.74. The van der Waals surface area contributed by atoms with Crippen LogP contribution in [-0.2, 0) is 0 Å². The third-order valence-electron chi connectivity index (χ3n) is 5.92. The number of rotatable bonds is 3. The molecule has 5 heterocycles. The Labute approximate surface area is 189 Å². The van der Waals surface area contributed by atoms with E-state index in [1.54, 1.807) is 15.9 Å². The second-order valence-corrected chi connectivity index (χ2v) is 8.83. The largest absolute Gasteiger partial charge is 0.352 e. The van der Waals surface area contributed by atoms with Crippen LogP contribution in [0, 0.1) is 13.8 Å². The van der Waals surface area contributed by atoms with Gasteiger partial charge in [0.25, 0.3) is 0 Å². The zero-order chi connectivity index (χ0) is 21.7. The second kappa shape index (κ2) is 7.52. The van der Waals surface area contributed by atoms with E-state index in [4.69, 9.17) is 15.1 Å². The van der Waals surface area contributed by atoms with Crippen molar-refractivity contribution in [2.24, 2.45) is 0 Å². The molecule has 0 N–H and O–H groups in total. The summed E-state index contributed by atoms with van der Waals surface area (Å²) >= 11 is 1.69. The van der Waals surface area contributed by atoms with Crippen molar-refractivity contribution in [2.45, 2.75) is 13.8 Å². The Bertz CT molecular complexity index is 1420. The molecule has 1 aliphatic heterocycles. The number of fused-ring (bicyclic) bond motifs is 2. The van der Waals surface area contributed by atoms with E-state index in [1.807, 2.05) is 32.0 Å². The molecular weight excluding hydrogens is 420 g/mol. The van der Waals surface area contributed by atoms with E-state index in [1.165, 1.54) is 11.1 Å². The molecule has 0 atom stereocenters. The summed E-state index contributed by atoms with van der Waals surface area (Å²) in [5.41, 5.74) is 3.18. The number of aryl methyl sites for hydroxylation is 2. The van der Waals surface area contributed by atoms with Crippen molar-refractivity contribution in [3.8, 4) is 11.1 Å². The Kier molecular flexibility index (Phi) is 4.50. The number of aromatic nitrogens is 6. The lowest BCUT2D eigenvalue weighted by Crippen LogP contribution is -2.47. The molecule has 8 nitrogen and oxygen atoms in total. The number of nitrogens with zero attached hydrogens (tertiary/aromatic N) is 8. The average Bonchev–Trinajstić information content (AvgIpc) is 3.42. The van der Waals surface area contributed by atoms with Crippen LogP contribution in [0.15, 0.2) is 47.8 Å². The fraction of sp³-hybridized carbons (Fsp3) is 0.261. The van der Waals surface area contributed by atoms with Gasteiger partial charge in [-0.25, -0.2) is 9.97 Å². The lowest BCUT2D eigenvalue weighted by Gasteiger charge is -2.36. The lowest BCUT2D eigenvalue weighted by atomic mass is 10.1. The van der Waals surface area contributed by atoms with Gasteiger partial charge in [0.15, 0.2) is 11.5 Å². The summed E-state index contributed by atoms with van der Waals surface area (Å²) in [6.07, 6.45) is 0. The van der Waals surface area contributed by atoms with Crippen LogP contribution >= 0.6 is 11.3 Å². The minimum atomic E-state index is 0.773. The molecule has 1 saturated heterocycles. The SMILES string of the molecule is Cc1nc(N2CCN(c3ccc4nnc(C)n4n3)CC2)c2c(-c3ccccc3)csc2n1. The van der Waals surface area contributed by atoms with Crippen LogP contribution in [0.5, 0.6) is 0 Å². The number of piperazine rings is 1. The molecule has 0 unspecified atom stereocenters. The summed E-state index contributed by atoms with van der Waals surface area (Å²) < 4.78 is 1.80. The molecule has 5 aromatic rings. The topological polar surface area (TPSA) is 75.3 Å². The van der Waals surface area contributed by atoms with Gasteiger partial charge in [-0.15, -0.1) is 26.6 Å². The van der Waals surface area contributed by atoms with Crippen LogP contribution in [0.2, 0.25) is 0 Å². The molecule has 0 bridgehead atoms. The molecule has 0 saturated carbocycles. The summed E-state index contributed by atoms with van der Waals surface area (Å²) in [6.45, 7) is 7.38. The van der Waals surface area contributed by atoms with Crippen LogP contribution in [0.4, 0.5) is 11.6 Å². The maximum absolute atomic E-state index is 4.89. The van der Waals surface area contributed by atoms with Gasteiger partial charge < -0.3 is 9.80 Å². The van der Waals surface area contributed by atoms with E-state index in [0.29, 0.717) is 0 Å². The standard InChI is InChI=1S/C23H22N8S/c1-15-24-22(21-18(14-32-23(21)25-15)17-6-4-3-5-7-17)30-12-10-29(11-13-30)20-9-8-19-27-26-16(2)31(19)28-20/h3-9,14H,10-13H2,1-2H3. The van der Waals surface area contributed by atoms with Crippen molar-refractivity contribution in [3.63, 3.8) is 0 Å². The van der Waals surface area contributed by atoms with Crippen molar-refractivity contribution >= 4 is 38.8 Å². The highest BCUT2D eigenvalue weighted by molar-refractivity contribution is 7.17. The molecule has 160 valence electrons. The fourth-order valence-corrected chi connectivity index (χ4v) is 5.28. The Morgan fingerprint density at radius 3 is 2.44 bits per heavy atom. The van der Waals surface area contributed by atoms with Gasteiger partial charge in [-0.1, -0.05) is 30.3 Å². The number of thiophene rings is 1. The molecule has 9 heteroatoms. The first-order chi connectivity index (χ1) is 15.7. The first-order valence-electron chi connectivity index (χ1n) is 10.7. The molecule has 32 heavy (non-hydrogen) atoms. The number of anilines is 2. The van der Waals surface area contributed by atoms with Gasteiger partial charge in [-0.3, -0.25) is 0 Å². The summed E-state index contributed by atoms with van der Waals surface area (Å²) in [5, 5.41) is 16.3. The summed E-state index contributed by atoms with van der Waals surface area (Å²) in [4.78, 5) is 15.4. The molecule has 4 aromatic heterocycles. The van der Waals surface area contributed by atoms with Crippen molar-refractivity contribution < 1.29 is 0 Å². The molecule has 0 spiro atoms. The quantitative estimate of drug-likeness (QED) is 0.421. The van der Waals surface area contributed by atoms with Gasteiger partial charge >= 0.3 is 0 Å². The molecule has 1 fully saturated rings. The maximum atomic E-state index is 4.89. The van der Waals surface area contributed by atoms with Gasteiger partial charge in [0.2, 0.25) is 0 Å². The van der Waals surface area contributed by atoms with Crippen molar-refractivity contribution in [3.05, 3.63) is 59.5 Å². The zero-order valence-corrected chi connectivity index (χ0v) is 18.7. The molecule has 0 radical (unpaired) electrons. The summed E-state index contributed by atoms with van der Waals surface area (Å²) in [7, 11) is 0. The van der Waals surface area contributed by atoms with Crippen LogP contribution in [0.1, 0.15) is 11.6 Å². The van der Waals surface area contributed by atoms with Gasteiger partial charge in [0, 0.05) is 37.1 Å². The maximum Gasteiger partial charge on any atom is 0.178 e. The average molecular weight is 443 g/mol. The zero-order valence-electron chi connectivity index (χ0n) is 17.9. The predicted molar refractivity (Wildman–Crippen MR) is 128 cm³/mol. The highest BCUT2D eigenvalue weighted by Crippen LogP contribution is 2.38. The van der Waals surface area contributed by atoms with Gasteiger partial charge in [-0.05, 0) is 31.5 Å². The first kappa shape index (κ1) is 19.1. The Morgan fingerprint density at radius 2 is 1.62 bits per heavy atom. The Morgan fingerprint density at radius 1 is 0.844 bits per heavy atom. The minimum Gasteiger partial charge on any atom is -0.352 e. The fourth-order valence-electron chi connectivity index (χ4n) is 4.29. The number of hydrogen-bond donors (Lipinski definition) is 0. The normalized spacial score (nSPS) is 14.6. The van der Waals surface area contributed by atoms with E-state index < -0.39 is 0 Å². The van der Waals surface area contributed by atoms with Crippen LogP contribution in [0.3, 0.4) is 0 Å². The first-order valence-corrected chi connectivity index (χ1v) is 11.6. The number of hydrogen-bond acceptors (Lipinski definition) is 8. The van der Waals surface area contributed by atoms with Gasteiger partial charge in [0.1, 0.15) is 22.3 Å². The lowest BCUT2D eigenvalue weighted by molar-refractivity contribution is 0.636. The van der Waals surface area contributed by atoms with E-state index in [9.17, 15) is 0 Å². The van der Waals surface area contributed by atoms with Crippen LogP contribution in [0.25, 0.3) is 27.0 Å². The molecule has 1 aromatic carbocycles. The van der Waals surface area contributed by atoms with E-state index in [0.717, 1.165) is 65.3 Å². The van der Waals surface area contributed by atoms with Crippen molar-refractivity contribution in [2.75, 3.05) is 36.0 Å². The monoisotopic (exact) mass is 442 g/mol. The summed E-state index contributed by atoms with van der Waals surface area (Å²) in [5.74, 6) is 3.59. The van der Waals surface area contributed by atoms with E-state index in [-0.39, 0.29) is 0 Å². The highest BCUT2D eigenvalue weighted by Gasteiger charge is 2.24. The van der Waals surface area contributed by atoms with E-state index >= 15 is 0 Å². The highest BCUT2D eigenvalue weighted by atomic mass is 32.1. The molecule has 6 rings (SSSR count). The molecule has 0 amide bonds. The third kappa shape index (κ3) is 3.16. The third-order valence-corrected chi connectivity index (χ3v) is 6.79. The van der Waals surface area contributed by atoms with Gasteiger partial charge in [0.05, 0.1) is 5.39 Å². The van der Waals surface area contributed by atoms with Crippen LogP contribution in [-0.4, -0.2) is 56.0 Å². The van der Waals surface area contributed by atoms with Crippen molar-refractivity contribution in [1.82, 2.24) is 29.8 Å². The molecule has 0 aliphatic carbocycles. The minimum absolute atomic E-state index is 0.773. The molecule has 1 aliphatic rings. The Hall–Kier alpha value is -3.59. The van der Waals surface area contributed by atoms with Crippen molar-refractivity contribution in [1.29, 1.82) is 0 Å². The van der Waals surface area contributed by atoms with Crippen LogP contribution < -0.4 is 9.80 Å². The number of benzene rings is 1. The summed E-state index contributed by atoms with van der Waals surface area (Å²) in [6, 6.07) is 14.5.